The lowest BCUT2D eigenvalue weighted by Gasteiger charge is -2.20. The number of nitrogens with zero attached hydrogens (tertiary/aromatic N) is 3. The molecule has 1 aliphatic heterocycles. The number of aliphatic carboxylic acids is 1. The monoisotopic (exact) mass is 329 g/mol. The molecule has 0 radical (unpaired) electrons. The van der Waals surface area contributed by atoms with Crippen LogP contribution in [0, 0.1) is 5.41 Å². The van der Waals surface area contributed by atoms with E-state index in [0.717, 1.165) is 0 Å². The van der Waals surface area contributed by atoms with Gasteiger partial charge >= 0.3 is 5.97 Å². The number of aryl methyl sites for hydroxylation is 1. The van der Waals surface area contributed by atoms with Crippen LogP contribution in [-0.4, -0.2) is 44.8 Å². The highest BCUT2D eigenvalue weighted by molar-refractivity contribution is 5.81. The first-order valence-corrected chi connectivity index (χ1v) is 7.87. The van der Waals surface area contributed by atoms with Gasteiger partial charge in [0.15, 0.2) is 0 Å². The van der Waals surface area contributed by atoms with Gasteiger partial charge in [-0.15, -0.1) is 0 Å². The number of carbonyl (C=O) groups excluding carboxylic acids is 1. The third kappa shape index (κ3) is 2.89. The second-order valence-electron chi connectivity index (χ2n) is 6.43. The van der Waals surface area contributed by atoms with E-state index in [4.69, 9.17) is 0 Å². The molecule has 1 aromatic carbocycles. The summed E-state index contributed by atoms with van der Waals surface area (Å²) in [7, 11) is 0. The first-order valence-electron chi connectivity index (χ1n) is 7.87. The van der Waals surface area contributed by atoms with Gasteiger partial charge in [-0.1, -0.05) is 12.1 Å². The van der Waals surface area contributed by atoms with Crippen molar-refractivity contribution in [2.24, 2.45) is 5.41 Å². The molecule has 1 N–H and O–H groups in total. The lowest BCUT2D eigenvalue weighted by atomic mass is 9.90. The number of likely N-dealkylation sites (tertiary alicyclic amines) is 1. The van der Waals surface area contributed by atoms with Crippen molar-refractivity contribution in [2.75, 3.05) is 13.1 Å². The van der Waals surface area contributed by atoms with E-state index in [2.05, 4.69) is 5.10 Å². The standard InChI is InChI=1S/C17H19N3O4/c1-17(16(23)24)7-9-19(11-17)15(22)6-8-20-13-5-3-2-4-12(13)14(21)10-18-20/h2-5,10H,6-9,11H2,1H3,(H,23,24). The minimum Gasteiger partial charge on any atom is -0.481 e. The number of hydrogen-bond acceptors (Lipinski definition) is 4. The fraction of sp³-hybridized carbons (Fsp3) is 0.412. The second kappa shape index (κ2) is 6.07. The number of aromatic nitrogens is 2. The van der Waals surface area contributed by atoms with E-state index in [-0.39, 0.29) is 24.3 Å². The summed E-state index contributed by atoms with van der Waals surface area (Å²) < 4.78 is 1.64. The third-order valence-electron chi connectivity index (χ3n) is 4.64. The molecular formula is C17H19N3O4. The number of hydrogen-bond donors (Lipinski definition) is 1. The Kier molecular flexibility index (Phi) is 4.09. The zero-order valence-corrected chi connectivity index (χ0v) is 13.4. The highest BCUT2D eigenvalue weighted by Crippen LogP contribution is 2.30. The largest absolute Gasteiger partial charge is 0.481 e. The summed E-state index contributed by atoms with van der Waals surface area (Å²) in [6.45, 7) is 2.71. The molecule has 7 heteroatoms. The van der Waals surface area contributed by atoms with Gasteiger partial charge in [-0.25, -0.2) is 0 Å². The maximum absolute atomic E-state index is 12.4. The normalized spacial score (nSPS) is 20.5. The number of carboxylic acids is 1. The average Bonchev–Trinajstić information content (AvgIpc) is 2.98. The van der Waals surface area contributed by atoms with Gasteiger partial charge in [0.2, 0.25) is 11.3 Å². The molecule has 2 aromatic rings. The Morgan fingerprint density at radius 1 is 1.33 bits per heavy atom. The van der Waals surface area contributed by atoms with Crippen molar-refractivity contribution in [3.05, 3.63) is 40.7 Å². The highest BCUT2D eigenvalue weighted by atomic mass is 16.4. The van der Waals surface area contributed by atoms with E-state index in [9.17, 15) is 19.5 Å². The molecule has 0 aliphatic carbocycles. The van der Waals surface area contributed by atoms with Crippen LogP contribution in [0.15, 0.2) is 35.3 Å². The molecule has 126 valence electrons. The number of carbonyl (C=O) groups is 2. The summed E-state index contributed by atoms with van der Waals surface area (Å²) in [5.41, 5.74) is -0.322. The van der Waals surface area contributed by atoms with Crippen molar-refractivity contribution in [3.63, 3.8) is 0 Å². The van der Waals surface area contributed by atoms with Gasteiger partial charge < -0.3 is 10.0 Å². The Morgan fingerprint density at radius 3 is 2.79 bits per heavy atom. The number of fused-ring (bicyclic) bond motifs is 1. The fourth-order valence-electron chi connectivity index (χ4n) is 3.05. The molecule has 0 spiro atoms. The summed E-state index contributed by atoms with van der Waals surface area (Å²) in [6.07, 6.45) is 1.94. The van der Waals surface area contributed by atoms with Crippen molar-refractivity contribution in [3.8, 4) is 0 Å². The van der Waals surface area contributed by atoms with Gasteiger partial charge in [-0.2, -0.15) is 5.10 Å². The SMILES string of the molecule is CC1(C(=O)O)CCN(C(=O)CCn2ncc(=O)c3ccccc32)C1. The molecule has 0 saturated carbocycles. The molecule has 1 aromatic heterocycles. The summed E-state index contributed by atoms with van der Waals surface area (Å²) in [4.78, 5) is 37.0. The van der Waals surface area contributed by atoms with Crippen LogP contribution in [0.2, 0.25) is 0 Å². The Morgan fingerprint density at radius 2 is 2.08 bits per heavy atom. The molecule has 1 saturated heterocycles. The summed E-state index contributed by atoms with van der Waals surface area (Å²) in [5.74, 6) is -0.963. The topological polar surface area (TPSA) is 92.5 Å². The predicted octanol–water partition coefficient (Wildman–Crippen LogP) is 1.11. The number of para-hydroxylation sites is 1. The van der Waals surface area contributed by atoms with Gasteiger partial charge in [-0.05, 0) is 25.5 Å². The van der Waals surface area contributed by atoms with E-state index in [1.165, 1.54) is 6.20 Å². The number of amides is 1. The van der Waals surface area contributed by atoms with E-state index in [1.54, 1.807) is 34.7 Å². The van der Waals surface area contributed by atoms with Crippen molar-refractivity contribution in [1.29, 1.82) is 0 Å². The molecule has 1 amide bonds. The van der Waals surface area contributed by atoms with Crippen molar-refractivity contribution in [1.82, 2.24) is 14.7 Å². The predicted molar refractivity (Wildman–Crippen MR) is 87.6 cm³/mol. The van der Waals surface area contributed by atoms with Gasteiger partial charge in [-0.3, -0.25) is 19.1 Å². The Hall–Kier alpha value is -2.70. The van der Waals surface area contributed by atoms with Crippen LogP contribution < -0.4 is 5.43 Å². The summed E-state index contributed by atoms with van der Waals surface area (Å²) >= 11 is 0. The van der Waals surface area contributed by atoms with Crippen LogP contribution in [0.4, 0.5) is 0 Å². The molecule has 1 unspecified atom stereocenters. The maximum atomic E-state index is 12.4. The average molecular weight is 329 g/mol. The van der Waals surface area contributed by atoms with Gasteiger partial charge in [0, 0.05) is 24.9 Å². The van der Waals surface area contributed by atoms with E-state index >= 15 is 0 Å². The minimum atomic E-state index is -0.870. The zero-order valence-electron chi connectivity index (χ0n) is 13.4. The van der Waals surface area contributed by atoms with Crippen molar-refractivity contribution in [2.45, 2.75) is 26.3 Å². The molecule has 3 rings (SSSR count). The molecule has 1 atom stereocenters. The van der Waals surface area contributed by atoms with Crippen LogP contribution in [0.25, 0.3) is 10.9 Å². The van der Waals surface area contributed by atoms with E-state index < -0.39 is 11.4 Å². The lowest BCUT2D eigenvalue weighted by Crippen LogP contribution is -2.35. The summed E-state index contributed by atoms with van der Waals surface area (Å²) in [6, 6.07) is 7.14. The van der Waals surface area contributed by atoms with E-state index in [0.29, 0.717) is 30.4 Å². The van der Waals surface area contributed by atoms with Crippen molar-refractivity contribution < 1.29 is 14.7 Å². The van der Waals surface area contributed by atoms with Crippen LogP contribution in [0.3, 0.4) is 0 Å². The quantitative estimate of drug-likeness (QED) is 0.907. The highest BCUT2D eigenvalue weighted by Gasteiger charge is 2.41. The first-order chi connectivity index (χ1) is 11.4. The van der Waals surface area contributed by atoms with E-state index in [1.807, 2.05) is 6.07 Å². The Balaban J connectivity index is 1.71. The molecule has 2 heterocycles. The van der Waals surface area contributed by atoms with Gasteiger partial charge in [0.1, 0.15) is 0 Å². The summed E-state index contributed by atoms with van der Waals surface area (Å²) in [5, 5.41) is 13.9. The molecule has 1 aliphatic rings. The zero-order chi connectivity index (χ0) is 17.3. The Bertz CT molecular complexity index is 860. The lowest BCUT2D eigenvalue weighted by molar-refractivity contribution is -0.147. The number of carboxylic acid groups (broad SMARTS) is 1. The molecule has 0 bridgehead atoms. The van der Waals surface area contributed by atoms with Crippen LogP contribution in [0.1, 0.15) is 19.8 Å². The molecular weight excluding hydrogens is 310 g/mol. The second-order valence-corrected chi connectivity index (χ2v) is 6.43. The van der Waals surface area contributed by atoms with Gasteiger partial charge in [0.25, 0.3) is 0 Å². The minimum absolute atomic E-state index is 0.0930. The van der Waals surface area contributed by atoms with Crippen molar-refractivity contribution >= 4 is 22.8 Å². The number of rotatable bonds is 4. The van der Waals surface area contributed by atoms with Gasteiger partial charge in [0.05, 0.1) is 23.7 Å². The third-order valence-corrected chi connectivity index (χ3v) is 4.64. The first kappa shape index (κ1) is 16.2. The molecule has 24 heavy (non-hydrogen) atoms. The van der Waals surface area contributed by atoms with Crippen LogP contribution >= 0.6 is 0 Å². The smallest absolute Gasteiger partial charge is 0.311 e. The maximum Gasteiger partial charge on any atom is 0.311 e. The van der Waals surface area contributed by atoms with Crippen LogP contribution in [-0.2, 0) is 16.1 Å². The number of benzene rings is 1. The molecule has 1 fully saturated rings. The Labute approximate surface area is 138 Å². The van der Waals surface area contributed by atoms with Crippen LogP contribution in [0.5, 0.6) is 0 Å². The molecule has 7 nitrogen and oxygen atoms in total. The fourth-order valence-corrected chi connectivity index (χ4v) is 3.05.